The summed E-state index contributed by atoms with van der Waals surface area (Å²) in [6, 6.07) is 0.202. The van der Waals surface area contributed by atoms with Crippen molar-refractivity contribution in [2.45, 2.75) is 52.3 Å². The number of aryl methyl sites for hydroxylation is 1. The van der Waals surface area contributed by atoms with Gasteiger partial charge in [0.15, 0.2) is 5.82 Å². The molecular formula is C19H30N6O3. The van der Waals surface area contributed by atoms with Crippen molar-refractivity contribution in [3.63, 3.8) is 0 Å². The van der Waals surface area contributed by atoms with E-state index in [1.165, 1.54) is 11.3 Å². The van der Waals surface area contributed by atoms with E-state index in [2.05, 4.69) is 27.1 Å². The molecule has 3 rings (SSSR count). The Hall–Kier alpha value is -2.26. The van der Waals surface area contributed by atoms with Crippen LogP contribution in [0.4, 0.5) is 0 Å². The van der Waals surface area contributed by atoms with Crippen LogP contribution in [0.5, 0.6) is 0 Å². The van der Waals surface area contributed by atoms with E-state index in [-0.39, 0.29) is 11.9 Å². The maximum absolute atomic E-state index is 12.3. The lowest BCUT2D eigenvalue weighted by Crippen LogP contribution is -2.50. The highest BCUT2D eigenvalue weighted by Crippen LogP contribution is 2.20. The van der Waals surface area contributed by atoms with Gasteiger partial charge in [-0.25, -0.2) is 0 Å². The summed E-state index contributed by atoms with van der Waals surface area (Å²) < 4.78 is 12.0. The zero-order valence-corrected chi connectivity index (χ0v) is 17.2. The molecule has 1 unspecified atom stereocenters. The molecule has 9 heteroatoms. The second-order valence-corrected chi connectivity index (χ2v) is 7.41. The molecular weight excluding hydrogens is 360 g/mol. The number of hydrogen-bond acceptors (Lipinski definition) is 7. The van der Waals surface area contributed by atoms with Crippen LogP contribution in [-0.2, 0) is 36.2 Å². The maximum atomic E-state index is 12.3. The third-order valence-electron chi connectivity index (χ3n) is 5.41. The highest BCUT2D eigenvalue weighted by Gasteiger charge is 2.27. The molecule has 1 saturated heterocycles. The molecule has 1 aliphatic heterocycles. The van der Waals surface area contributed by atoms with Crippen molar-refractivity contribution < 1.29 is 14.1 Å². The number of hydrogen-bond donors (Lipinski definition) is 0. The van der Waals surface area contributed by atoms with Gasteiger partial charge < -0.3 is 14.2 Å². The molecule has 28 heavy (non-hydrogen) atoms. The third-order valence-corrected chi connectivity index (χ3v) is 5.41. The van der Waals surface area contributed by atoms with Gasteiger partial charge >= 0.3 is 0 Å². The van der Waals surface area contributed by atoms with Crippen LogP contribution >= 0.6 is 0 Å². The Morgan fingerprint density at radius 1 is 1.46 bits per heavy atom. The fourth-order valence-electron chi connectivity index (χ4n) is 3.76. The van der Waals surface area contributed by atoms with E-state index in [1.807, 2.05) is 22.8 Å². The first-order chi connectivity index (χ1) is 13.5. The van der Waals surface area contributed by atoms with Crippen molar-refractivity contribution in [1.29, 1.82) is 0 Å². The molecule has 0 saturated carbocycles. The summed E-state index contributed by atoms with van der Waals surface area (Å²) in [5, 5.41) is 8.31. The quantitative estimate of drug-likeness (QED) is 0.671. The number of rotatable bonds is 8. The molecule has 0 radical (unpaired) electrons. The minimum Gasteiger partial charge on any atom is -0.375 e. The van der Waals surface area contributed by atoms with Gasteiger partial charge in [0.05, 0.1) is 6.20 Å². The van der Waals surface area contributed by atoms with Crippen LogP contribution in [-0.4, -0.2) is 68.4 Å². The average molecular weight is 390 g/mol. The Morgan fingerprint density at radius 3 is 2.96 bits per heavy atom. The van der Waals surface area contributed by atoms with Gasteiger partial charge in [-0.2, -0.15) is 10.1 Å². The number of piperidine rings is 1. The van der Waals surface area contributed by atoms with E-state index in [9.17, 15) is 4.79 Å². The zero-order chi connectivity index (χ0) is 20.1. The number of likely N-dealkylation sites (tertiary alicyclic amines) is 1. The number of methoxy groups -OCH3 is 1. The molecule has 1 fully saturated rings. The highest BCUT2D eigenvalue weighted by molar-refractivity contribution is 5.73. The van der Waals surface area contributed by atoms with E-state index in [1.54, 1.807) is 14.0 Å². The molecule has 0 N–H and O–H groups in total. The van der Waals surface area contributed by atoms with E-state index < -0.39 is 0 Å². The van der Waals surface area contributed by atoms with Crippen LogP contribution in [0.15, 0.2) is 10.7 Å². The summed E-state index contributed by atoms with van der Waals surface area (Å²) in [4.78, 5) is 21.0. The fraction of sp³-hybridized carbons (Fsp3) is 0.684. The summed E-state index contributed by atoms with van der Waals surface area (Å²) in [6.07, 6.45) is 4.61. The van der Waals surface area contributed by atoms with Crippen molar-refractivity contribution in [3.05, 3.63) is 29.2 Å². The molecule has 0 bridgehead atoms. The van der Waals surface area contributed by atoms with Crippen molar-refractivity contribution in [2.24, 2.45) is 7.05 Å². The molecule has 1 amide bonds. The Balaban J connectivity index is 1.59. The van der Waals surface area contributed by atoms with Gasteiger partial charge in [-0.05, 0) is 26.3 Å². The van der Waals surface area contributed by atoms with Gasteiger partial charge in [0.1, 0.15) is 6.61 Å². The van der Waals surface area contributed by atoms with E-state index in [0.717, 1.165) is 32.5 Å². The van der Waals surface area contributed by atoms with Gasteiger partial charge in [-0.15, -0.1) is 0 Å². The second-order valence-electron chi connectivity index (χ2n) is 7.41. The Bertz CT molecular complexity index is 786. The molecule has 0 aromatic carbocycles. The zero-order valence-electron chi connectivity index (χ0n) is 17.2. The predicted octanol–water partition coefficient (Wildman–Crippen LogP) is 1.31. The molecule has 0 aliphatic carbocycles. The van der Waals surface area contributed by atoms with Gasteiger partial charge in [0, 0.05) is 64.4 Å². The topological polar surface area (TPSA) is 89.5 Å². The SMILES string of the molecule is COCc1nc(CCN(C(C)=O)C2CCCN(Cc3cnn(C)c3C)C2)no1. The van der Waals surface area contributed by atoms with Crippen molar-refractivity contribution in [2.75, 3.05) is 26.7 Å². The van der Waals surface area contributed by atoms with E-state index >= 15 is 0 Å². The lowest BCUT2D eigenvalue weighted by molar-refractivity contribution is -0.132. The van der Waals surface area contributed by atoms with Crippen LogP contribution < -0.4 is 0 Å². The first kappa shape index (κ1) is 20.5. The summed E-state index contributed by atoms with van der Waals surface area (Å²) in [7, 11) is 3.55. The molecule has 0 spiro atoms. The second kappa shape index (κ2) is 9.29. The summed E-state index contributed by atoms with van der Waals surface area (Å²) in [6.45, 7) is 7.40. The van der Waals surface area contributed by atoms with Crippen molar-refractivity contribution in [1.82, 2.24) is 29.7 Å². The summed E-state index contributed by atoms with van der Waals surface area (Å²) >= 11 is 0. The average Bonchev–Trinajstić information content (AvgIpc) is 3.24. The fourth-order valence-corrected chi connectivity index (χ4v) is 3.76. The number of amides is 1. The van der Waals surface area contributed by atoms with Crippen LogP contribution in [0, 0.1) is 6.92 Å². The first-order valence-corrected chi connectivity index (χ1v) is 9.75. The van der Waals surface area contributed by atoms with Gasteiger partial charge in [0.25, 0.3) is 5.89 Å². The number of ether oxygens (including phenoxy) is 1. The normalized spacial score (nSPS) is 17.8. The largest absolute Gasteiger partial charge is 0.375 e. The third kappa shape index (κ3) is 4.96. The Kier molecular flexibility index (Phi) is 6.79. The number of nitrogens with zero attached hydrogens (tertiary/aromatic N) is 6. The van der Waals surface area contributed by atoms with E-state index in [4.69, 9.17) is 9.26 Å². The number of aromatic nitrogens is 4. The molecule has 154 valence electrons. The minimum absolute atomic E-state index is 0.0880. The van der Waals surface area contributed by atoms with Crippen LogP contribution in [0.1, 0.15) is 42.7 Å². The molecule has 2 aromatic rings. The summed E-state index contributed by atoms with van der Waals surface area (Å²) in [5.74, 6) is 1.16. The standard InChI is InChI=1S/C19H30N6O3/c1-14-16(10-20-23(14)3)11-24-8-5-6-17(12-24)25(15(2)26)9-7-18-21-19(13-27-4)28-22-18/h10,17H,5-9,11-13H2,1-4H3. The molecule has 1 atom stereocenters. The first-order valence-electron chi connectivity index (χ1n) is 9.75. The minimum atomic E-state index is 0.0880. The lowest BCUT2D eigenvalue weighted by atomic mass is 10.0. The van der Waals surface area contributed by atoms with Crippen molar-refractivity contribution >= 4 is 5.91 Å². The number of carbonyl (C=O) groups is 1. The van der Waals surface area contributed by atoms with Gasteiger partial charge in [-0.1, -0.05) is 5.16 Å². The summed E-state index contributed by atoms with van der Waals surface area (Å²) in [5.41, 5.74) is 2.43. The molecule has 2 aromatic heterocycles. The molecule has 1 aliphatic rings. The van der Waals surface area contributed by atoms with Crippen molar-refractivity contribution in [3.8, 4) is 0 Å². The van der Waals surface area contributed by atoms with Crippen LogP contribution in [0.25, 0.3) is 0 Å². The smallest absolute Gasteiger partial charge is 0.252 e. The lowest BCUT2D eigenvalue weighted by Gasteiger charge is -2.39. The van der Waals surface area contributed by atoms with Crippen LogP contribution in [0.2, 0.25) is 0 Å². The monoisotopic (exact) mass is 390 g/mol. The molecule has 9 nitrogen and oxygen atoms in total. The molecule has 3 heterocycles. The Morgan fingerprint density at radius 2 is 2.29 bits per heavy atom. The van der Waals surface area contributed by atoms with E-state index in [0.29, 0.717) is 31.3 Å². The number of carbonyl (C=O) groups excluding carboxylic acids is 1. The maximum Gasteiger partial charge on any atom is 0.252 e. The predicted molar refractivity (Wildman–Crippen MR) is 102 cm³/mol. The van der Waals surface area contributed by atoms with Crippen LogP contribution in [0.3, 0.4) is 0 Å². The van der Waals surface area contributed by atoms with Gasteiger partial charge in [-0.3, -0.25) is 14.4 Å². The van der Waals surface area contributed by atoms with Gasteiger partial charge in [0.2, 0.25) is 5.91 Å². The Labute approximate surface area is 165 Å². The highest BCUT2D eigenvalue weighted by atomic mass is 16.5.